The molecule has 0 amide bonds. The molecule has 0 radical (unpaired) electrons. The highest BCUT2D eigenvalue weighted by Gasteiger charge is 2.41. The van der Waals surface area contributed by atoms with E-state index in [-0.39, 0.29) is 11.3 Å². The molecule has 27 heavy (non-hydrogen) atoms. The molecule has 9 heteroatoms. The van der Waals surface area contributed by atoms with Gasteiger partial charge in [0.25, 0.3) is 0 Å². The van der Waals surface area contributed by atoms with Gasteiger partial charge in [0, 0.05) is 31.2 Å². The molecular formula is C18H20F3N5O. The van der Waals surface area contributed by atoms with Gasteiger partial charge in [-0.05, 0) is 44.5 Å². The number of likely N-dealkylation sites (tertiary alicyclic amines) is 1. The van der Waals surface area contributed by atoms with Gasteiger partial charge in [0.15, 0.2) is 0 Å². The van der Waals surface area contributed by atoms with Crippen molar-refractivity contribution in [1.82, 2.24) is 20.1 Å². The molecule has 2 saturated heterocycles. The number of nitrogens with zero attached hydrogens (tertiary/aromatic N) is 5. The predicted octanol–water partition coefficient (Wildman–Crippen LogP) is 2.71. The minimum Gasteiger partial charge on any atom is -0.507 e. The molecule has 0 bridgehead atoms. The number of benzene rings is 1. The van der Waals surface area contributed by atoms with E-state index >= 15 is 0 Å². The highest BCUT2D eigenvalue weighted by Crippen LogP contribution is 2.37. The number of rotatable bonds is 2. The Hall–Kier alpha value is -2.42. The Morgan fingerprint density at radius 1 is 1.19 bits per heavy atom. The number of aryl methyl sites for hydroxylation is 1. The van der Waals surface area contributed by atoms with Crippen LogP contribution in [0.15, 0.2) is 18.2 Å². The van der Waals surface area contributed by atoms with E-state index in [1.165, 1.54) is 6.07 Å². The zero-order valence-electron chi connectivity index (χ0n) is 15.0. The van der Waals surface area contributed by atoms with Crippen LogP contribution in [0.5, 0.6) is 5.75 Å². The largest absolute Gasteiger partial charge is 0.507 e. The normalized spacial score (nSPS) is 23.1. The fraction of sp³-hybridized carbons (Fsp3) is 0.500. The summed E-state index contributed by atoms with van der Waals surface area (Å²) in [5.74, 6) is 0.637. The predicted molar refractivity (Wildman–Crippen MR) is 93.4 cm³/mol. The average Bonchev–Trinajstić information content (AvgIpc) is 3.13. The number of hydrogen-bond acceptors (Lipinski definition) is 6. The quantitative estimate of drug-likeness (QED) is 0.866. The standard InChI is InChI=1S/C18H20F3N5O/c1-10-16(13-4-3-12(7-15(13)27)18(19,20)21)23-24-17(22-10)26-6-5-11-8-25(2)9-14(11)26/h3-4,7,11,14,27H,5-6,8-9H2,1-2H3. The maximum absolute atomic E-state index is 12.8. The van der Waals surface area contributed by atoms with Gasteiger partial charge >= 0.3 is 6.18 Å². The summed E-state index contributed by atoms with van der Waals surface area (Å²) in [6.45, 7) is 4.60. The number of hydrogen-bond donors (Lipinski definition) is 1. The molecule has 144 valence electrons. The number of aromatic hydroxyl groups is 1. The average molecular weight is 379 g/mol. The van der Waals surface area contributed by atoms with Crippen LogP contribution in [0.2, 0.25) is 0 Å². The Kier molecular flexibility index (Phi) is 4.21. The summed E-state index contributed by atoms with van der Waals surface area (Å²) in [6, 6.07) is 3.18. The molecule has 3 heterocycles. The Morgan fingerprint density at radius 2 is 1.96 bits per heavy atom. The molecule has 2 aliphatic rings. The van der Waals surface area contributed by atoms with Crippen molar-refractivity contribution in [2.45, 2.75) is 25.6 Å². The van der Waals surface area contributed by atoms with Crippen molar-refractivity contribution >= 4 is 5.95 Å². The first-order chi connectivity index (χ1) is 12.7. The number of aromatic nitrogens is 3. The molecule has 1 aromatic heterocycles. The lowest BCUT2D eigenvalue weighted by Crippen LogP contribution is -2.36. The maximum atomic E-state index is 12.8. The highest BCUT2D eigenvalue weighted by molar-refractivity contribution is 5.69. The first kappa shape index (κ1) is 18.0. The van der Waals surface area contributed by atoms with Crippen LogP contribution in [0, 0.1) is 12.8 Å². The van der Waals surface area contributed by atoms with Crippen molar-refractivity contribution in [2.75, 3.05) is 31.6 Å². The van der Waals surface area contributed by atoms with Crippen LogP contribution in [0.1, 0.15) is 17.7 Å². The number of fused-ring (bicyclic) bond motifs is 1. The molecule has 2 aliphatic heterocycles. The monoisotopic (exact) mass is 379 g/mol. The summed E-state index contributed by atoms with van der Waals surface area (Å²) in [7, 11) is 2.09. The minimum absolute atomic E-state index is 0.187. The van der Waals surface area contributed by atoms with Crippen LogP contribution in [0.4, 0.5) is 19.1 Å². The van der Waals surface area contributed by atoms with E-state index in [1.807, 2.05) is 0 Å². The van der Waals surface area contributed by atoms with E-state index in [2.05, 4.69) is 32.0 Å². The lowest BCUT2D eigenvalue weighted by Gasteiger charge is -2.24. The Balaban J connectivity index is 1.63. The van der Waals surface area contributed by atoms with Crippen molar-refractivity contribution < 1.29 is 18.3 Å². The van der Waals surface area contributed by atoms with Crippen LogP contribution >= 0.6 is 0 Å². The maximum Gasteiger partial charge on any atom is 0.416 e. The second-order valence-corrected chi connectivity index (χ2v) is 7.31. The molecule has 1 N–H and O–H groups in total. The van der Waals surface area contributed by atoms with Crippen molar-refractivity contribution in [3.8, 4) is 17.0 Å². The molecule has 2 aromatic rings. The number of phenols is 1. The molecular weight excluding hydrogens is 359 g/mol. The third-order valence-electron chi connectivity index (χ3n) is 5.42. The molecule has 2 unspecified atom stereocenters. The fourth-order valence-corrected chi connectivity index (χ4v) is 4.09. The van der Waals surface area contributed by atoms with Gasteiger partial charge in [-0.1, -0.05) is 0 Å². The topological polar surface area (TPSA) is 65.4 Å². The van der Waals surface area contributed by atoms with E-state index in [9.17, 15) is 18.3 Å². The number of anilines is 1. The number of likely N-dealkylation sites (N-methyl/N-ethyl adjacent to an activating group) is 1. The van der Waals surface area contributed by atoms with Crippen LogP contribution in [0.3, 0.4) is 0 Å². The van der Waals surface area contributed by atoms with Gasteiger partial charge in [-0.15, -0.1) is 10.2 Å². The highest BCUT2D eigenvalue weighted by atomic mass is 19.4. The van der Waals surface area contributed by atoms with Crippen molar-refractivity contribution in [3.05, 3.63) is 29.5 Å². The smallest absolute Gasteiger partial charge is 0.416 e. The van der Waals surface area contributed by atoms with Gasteiger partial charge in [-0.3, -0.25) is 0 Å². The summed E-state index contributed by atoms with van der Waals surface area (Å²) >= 11 is 0. The first-order valence-electron chi connectivity index (χ1n) is 8.81. The summed E-state index contributed by atoms with van der Waals surface area (Å²) in [5.41, 5.74) is 0.0773. The second kappa shape index (κ2) is 6.33. The molecule has 2 fully saturated rings. The minimum atomic E-state index is -4.51. The summed E-state index contributed by atoms with van der Waals surface area (Å²) in [6.07, 6.45) is -3.43. The molecule has 0 aliphatic carbocycles. The number of phenolic OH excluding ortho intramolecular Hbond substituents is 1. The second-order valence-electron chi connectivity index (χ2n) is 7.31. The Bertz CT molecular complexity index is 873. The zero-order valence-corrected chi connectivity index (χ0v) is 15.0. The Morgan fingerprint density at radius 3 is 2.63 bits per heavy atom. The van der Waals surface area contributed by atoms with Crippen molar-refractivity contribution in [3.63, 3.8) is 0 Å². The number of alkyl halides is 3. The third kappa shape index (κ3) is 3.20. The van der Waals surface area contributed by atoms with Crippen LogP contribution in [-0.4, -0.2) is 57.9 Å². The van der Waals surface area contributed by atoms with Crippen molar-refractivity contribution in [2.24, 2.45) is 5.92 Å². The molecule has 1 aromatic carbocycles. The van der Waals surface area contributed by atoms with Crippen molar-refractivity contribution in [1.29, 1.82) is 0 Å². The summed E-state index contributed by atoms with van der Waals surface area (Å²) < 4.78 is 38.3. The van der Waals surface area contributed by atoms with E-state index < -0.39 is 17.5 Å². The van der Waals surface area contributed by atoms with Gasteiger partial charge in [0.2, 0.25) is 5.95 Å². The molecule has 4 rings (SSSR count). The van der Waals surface area contributed by atoms with E-state index in [0.717, 1.165) is 32.1 Å². The summed E-state index contributed by atoms with van der Waals surface area (Å²) in [5, 5.41) is 18.4. The van der Waals surface area contributed by atoms with Gasteiger partial charge in [0.1, 0.15) is 11.4 Å². The van der Waals surface area contributed by atoms with Crippen LogP contribution in [0.25, 0.3) is 11.3 Å². The molecule has 0 saturated carbocycles. The number of halogens is 3. The summed E-state index contributed by atoms with van der Waals surface area (Å²) in [4.78, 5) is 8.98. The molecule has 0 spiro atoms. The van der Waals surface area contributed by atoms with Gasteiger partial charge < -0.3 is 14.9 Å². The lowest BCUT2D eigenvalue weighted by molar-refractivity contribution is -0.137. The first-order valence-corrected chi connectivity index (χ1v) is 8.81. The van der Waals surface area contributed by atoms with E-state index in [4.69, 9.17) is 0 Å². The SMILES string of the molecule is Cc1nc(N2CCC3CN(C)CC32)nnc1-c1ccc(C(F)(F)F)cc1O. The van der Waals surface area contributed by atoms with Crippen LogP contribution in [-0.2, 0) is 6.18 Å². The van der Waals surface area contributed by atoms with Crippen LogP contribution < -0.4 is 4.90 Å². The van der Waals surface area contributed by atoms with E-state index in [1.54, 1.807) is 6.92 Å². The van der Waals surface area contributed by atoms with Gasteiger partial charge in [0.05, 0.1) is 11.3 Å². The fourth-order valence-electron chi connectivity index (χ4n) is 4.09. The Labute approximate surface area is 154 Å². The van der Waals surface area contributed by atoms with E-state index in [0.29, 0.717) is 29.7 Å². The molecule has 2 atom stereocenters. The molecule has 6 nitrogen and oxygen atoms in total. The lowest BCUT2D eigenvalue weighted by atomic mass is 10.1. The van der Waals surface area contributed by atoms with Gasteiger partial charge in [-0.2, -0.15) is 13.2 Å². The zero-order chi connectivity index (χ0) is 19.3. The third-order valence-corrected chi connectivity index (χ3v) is 5.42. The van der Waals surface area contributed by atoms with Gasteiger partial charge in [-0.25, -0.2) is 4.98 Å².